The van der Waals surface area contributed by atoms with Crippen molar-refractivity contribution in [2.24, 2.45) is 0 Å². The lowest BCUT2D eigenvalue weighted by molar-refractivity contribution is 0.379. The highest BCUT2D eigenvalue weighted by atomic mass is 35.5. The number of hydrogen-bond acceptors (Lipinski definition) is 7. The molecule has 2 heterocycles. The van der Waals surface area contributed by atoms with Crippen LogP contribution < -0.4 is 10.6 Å². The third kappa shape index (κ3) is 3.07. The van der Waals surface area contributed by atoms with E-state index < -0.39 is 0 Å². The van der Waals surface area contributed by atoms with Gasteiger partial charge in [-0.3, -0.25) is 0 Å². The van der Waals surface area contributed by atoms with Crippen LogP contribution in [0.3, 0.4) is 0 Å². The molecule has 8 heteroatoms. The van der Waals surface area contributed by atoms with Crippen LogP contribution in [0.15, 0.2) is 10.7 Å². The Labute approximate surface area is 109 Å². The van der Waals surface area contributed by atoms with Gasteiger partial charge >= 0.3 is 0 Å². The SMILES string of the molecule is CCNc1ncc(Cl)c(NCc2nc(C)no2)n1. The van der Waals surface area contributed by atoms with E-state index in [1.54, 1.807) is 6.92 Å². The van der Waals surface area contributed by atoms with Gasteiger partial charge < -0.3 is 15.2 Å². The molecule has 0 unspecified atom stereocenters. The van der Waals surface area contributed by atoms with Crippen molar-refractivity contribution in [3.8, 4) is 0 Å². The van der Waals surface area contributed by atoms with E-state index in [0.29, 0.717) is 35.0 Å². The second-order valence-electron chi connectivity index (χ2n) is 3.51. The summed E-state index contributed by atoms with van der Waals surface area (Å²) in [5.74, 6) is 2.12. The first kappa shape index (κ1) is 12.6. The first-order chi connectivity index (χ1) is 8.69. The maximum Gasteiger partial charge on any atom is 0.245 e. The molecule has 0 saturated heterocycles. The molecule has 2 N–H and O–H groups in total. The highest BCUT2D eigenvalue weighted by Crippen LogP contribution is 2.19. The van der Waals surface area contributed by atoms with Gasteiger partial charge in [0.2, 0.25) is 11.8 Å². The Morgan fingerprint density at radius 3 is 2.83 bits per heavy atom. The van der Waals surface area contributed by atoms with Gasteiger partial charge in [-0.25, -0.2) is 4.98 Å². The summed E-state index contributed by atoms with van der Waals surface area (Å²) < 4.78 is 4.98. The molecular weight excluding hydrogens is 256 g/mol. The summed E-state index contributed by atoms with van der Waals surface area (Å²) in [7, 11) is 0. The quantitative estimate of drug-likeness (QED) is 0.855. The van der Waals surface area contributed by atoms with E-state index >= 15 is 0 Å². The minimum absolute atomic E-state index is 0.364. The average molecular weight is 269 g/mol. The fraction of sp³-hybridized carbons (Fsp3) is 0.400. The number of nitrogens with zero attached hydrogens (tertiary/aromatic N) is 4. The second kappa shape index (κ2) is 5.63. The molecule has 2 aromatic heterocycles. The van der Waals surface area contributed by atoms with Gasteiger partial charge in [0.05, 0.1) is 12.7 Å². The summed E-state index contributed by atoms with van der Waals surface area (Å²) in [6, 6.07) is 0. The summed E-state index contributed by atoms with van der Waals surface area (Å²) >= 11 is 5.99. The third-order valence-corrected chi connectivity index (χ3v) is 2.33. The Morgan fingerprint density at radius 1 is 1.33 bits per heavy atom. The molecule has 2 aromatic rings. The van der Waals surface area contributed by atoms with E-state index in [-0.39, 0.29) is 0 Å². The molecule has 0 aliphatic rings. The Balaban J connectivity index is 2.05. The van der Waals surface area contributed by atoms with Crippen molar-refractivity contribution >= 4 is 23.4 Å². The first-order valence-electron chi connectivity index (χ1n) is 5.48. The maximum absolute atomic E-state index is 5.99. The molecule has 0 radical (unpaired) electrons. The Kier molecular flexibility index (Phi) is 3.93. The molecule has 7 nitrogen and oxygen atoms in total. The van der Waals surface area contributed by atoms with E-state index in [1.165, 1.54) is 6.20 Å². The van der Waals surface area contributed by atoms with Gasteiger partial charge in [0.1, 0.15) is 5.02 Å². The number of anilines is 2. The van der Waals surface area contributed by atoms with Gasteiger partial charge in [-0.05, 0) is 13.8 Å². The molecule has 18 heavy (non-hydrogen) atoms. The van der Waals surface area contributed by atoms with Crippen LogP contribution in [0, 0.1) is 6.92 Å². The number of rotatable bonds is 5. The molecule has 0 aromatic carbocycles. The Hall–Kier alpha value is -1.89. The van der Waals surface area contributed by atoms with Gasteiger partial charge in [-0.15, -0.1) is 0 Å². The van der Waals surface area contributed by atoms with Crippen LogP contribution in [-0.4, -0.2) is 26.7 Å². The van der Waals surface area contributed by atoms with Crippen molar-refractivity contribution < 1.29 is 4.52 Å². The van der Waals surface area contributed by atoms with E-state index in [0.717, 1.165) is 6.54 Å². The highest BCUT2D eigenvalue weighted by Gasteiger charge is 2.07. The first-order valence-corrected chi connectivity index (χ1v) is 5.86. The van der Waals surface area contributed by atoms with Gasteiger partial charge in [0, 0.05) is 6.54 Å². The van der Waals surface area contributed by atoms with Gasteiger partial charge in [-0.1, -0.05) is 16.8 Å². The van der Waals surface area contributed by atoms with Crippen LogP contribution in [0.2, 0.25) is 5.02 Å². The van der Waals surface area contributed by atoms with Crippen molar-refractivity contribution in [2.75, 3.05) is 17.2 Å². The lowest BCUT2D eigenvalue weighted by Crippen LogP contribution is -2.07. The van der Waals surface area contributed by atoms with Crippen LogP contribution >= 0.6 is 11.6 Å². The predicted molar refractivity (Wildman–Crippen MR) is 67.6 cm³/mol. The maximum atomic E-state index is 5.99. The number of nitrogens with one attached hydrogen (secondary N) is 2. The zero-order valence-corrected chi connectivity index (χ0v) is 10.8. The molecular formula is C10H13ClN6O. The van der Waals surface area contributed by atoms with Crippen LogP contribution in [-0.2, 0) is 6.54 Å². The predicted octanol–water partition coefficient (Wildman–Crippen LogP) is 1.87. The number of aryl methyl sites for hydroxylation is 1. The Bertz CT molecular complexity index is 529. The number of halogens is 1. The van der Waals surface area contributed by atoms with Gasteiger partial charge in [-0.2, -0.15) is 9.97 Å². The van der Waals surface area contributed by atoms with Crippen molar-refractivity contribution in [2.45, 2.75) is 20.4 Å². The molecule has 0 saturated carbocycles. The summed E-state index contributed by atoms with van der Waals surface area (Å²) in [6.07, 6.45) is 1.54. The Morgan fingerprint density at radius 2 is 2.17 bits per heavy atom. The summed E-state index contributed by atoms with van der Waals surface area (Å²) in [4.78, 5) is 12.3. The zero-order chi connectivity index (χ0) is 13.0. The van der Waals surface area contributed by atoms with E-state index in [1.807, 2.05) is 6.92 Å². The molecule has 0 spiro atoms. The smallest absolute Gasteiger partial charge is 0.245 e. The summed E-state index contributed by atoms with van der Waals surface area (Å²) in [6.45, 7) is 4.83. The standard InChI is InChI=1S/C10H13ClN6O/c1-3-12-10-14-4-7(11)9(16-10)13-5-8-15-6(2)17-18-8/h4H,3,5H2,1-2H3,(H2,12,13,14,16). The van der Waals surface area contributed by atoms with Gasteiger partial charge in [0.15, 0.2) is 11.6 Å². The number of hydrogen-bond donors (Lipinski definition) is 2. The molecule has 0 amide bonds. The van der Waals surface area contributed by atoms with Gasteiger partial charge in [0.25, 0.3) is 0 Å². The topological polar surface area (TPSA) is 88.8 Å². The monoisotopic (exact) mass is 268 g/mol. The average Bonchev–Trinajstić information content (AvgIpc) is 2.76. The van der Waals surface area contributed by atoms with Crippen LogP contribution in [0.5, 0.6) is 0 Å². The van der Waals surface area contributed by atoms with Crippen LogP contribution in [0.1, 0.15) is 18.6 Å². The normalized spacial score (nSPS) is 10.4. The lowest BCUT2D eigenvalue weighted by atomic mass is 10.5. The van der Waals surface area contributed by atoms with Crippen LogP contribution in [0.4, 0.5) is 11.8 Å². The third-order valence-electron chi connectivity index (χ3n) is 2.06. The van der Waals surface area contributed by atoms with Crippen LogP contribution in [0.25, 0.3) is 0 Å². The lowest BCUT2D eigenvalue weighted by Gasteiger charge is -2.07. The minimum Gasteiger partial charge on any atom is -0.360 e. The molecule has 0 atom stereocenters. The van der Waals surface area contributed by atoms with Crippen molar-refractivity contribution in [3.63, 3.8) is 0 Å². The molecule has 0 aliphatic heterocycles. The van der Waals surface area contributed by atoms with E-state index in [2.05, 4.69) is 30.7 Å². The zero-order valence-electron chi connectivity index (χ0n) is 10.1. The largest absolute Gasteiger partial charge is 0.360 e. The summed E-state index contributed by atoms with van der Waals surface area (Å²) in [5, 5.41) is 10.2. The molecule has 0 fully saturated rings. The molecule has 0 bridgehead atoms. The summed E-state index contributed by atoms with van der Waals surface area (Å²) in [5.41, 5.74) is 0. The van der Waals surface area contributed by atoms with E-state index in [9.17, 15) is 0 Å². The highest BCUT2D eigenvalue weighted by molar-refractivity contribution is 6.32. The molecule has 0 aliphatic carbocycles. The van der Waals surface area contributed by atoms with Crippen molar-refractivity contribution in [3.05, 3.63) is 22.9 Å². The molecule has 2 rings (SSSR count). The van der Waals surface area contributed by atoms with Crippen molar-refractivity contribution in [1.29, 1.82) is 0 Å². The van der Waals surface area contributed by atoms with E-state index in [4.69, 9.17) is 16.1 Å². The fourth-order valence-corrected chi connectivity index (χ4v) is 1.46. The number of aromatic nitrogens is 4. The van der Waals surface area contributed by atoms with Crippen molar-refractivity contribution in [1.82, 2.24) is 20.1 Å². The minimum atomic E-state index is 0.364. The fourth-order valence-electron chi connectivity index (χ4n) is 1.31. The second-order valence-corrected chi connectivity index (χ2v) is 3.92. The molecule has 96 valence electrons.